The van der Waals surface area contributed by atoms with Crippen molar-refractivity contribution in [2.75, 3.05) is 31.6 Å². The largest absolute Gasteiger partial charge is 0.379 e. The molecular weight excluding hydrogens is 340 g/mol. The number of carbonyl (C=O) groups excluding carboxylic acids is 1. The Balaban J connectivity index is 1.80. The van der Waals surface area contributed by atoms with E-state index >= 15 is 0 Å². The Morgan fingerprint density at radius 2 is 2.00 bits per heavy atom. The van der Waals surface area contributed by atoms with Crippen molar-refractivity contribution in [3.8, 4) is 0 Å². The van der Waals surface area contributed by atoms with Gasteiger partial charge in [-0.15, -0.1) is 0 Å². The van der Waals surface area contributed by atoms with Gasteiger partial charge in [-0.2, -0.15) is 4.31 Å². The van der Waals surface area contributed by atoms with Gasteiger partial charge in [0, 0.05) is 24.7 Å². The summed E-state index contributed by atoms with van der Waals surface area (Å²) in [5.41, 5.74) is 1.41. The number of rotatable bonds is 4. The molecule has 0 bridgehead atoms. The molecule has 25 heavy (non-hydrogen) atoms. The number of amides is 1. The van der Waals surface area contributed by atoms with Crippen LogP contribution in [0.1, 0.15) is 24.8 Å². The molecule has 0 radical (unpaired) electrons. The van der Waals surface area contributed by atoms with Gasteiger partial charge in [0.25, 0.3) is 0 Å². The summed E-state index contributed by atoms with van der Waals surface area (Å²) in [6.45, 7) is 3.38. The van der Waals surface area contributed by atoms with Crippen LogP contribution in [0.25, 0.3) is 0 Å². The zero-order valence-corrected chi connectivity index (χ0v) is 15.2. The molecule has 2 aliphatic rings. The van der Waals surface area contributed by atoms with Crippen molar-refractivity contribution in [2.45, 2.75) is 31.1 Å². The number of nitrogens with one attached hydrogen (secondary N) is 1. The Labute approximate surface area is 148 Å². The second kappa shape index (κ2) is 7.68. The number of aryl methyl sites for hydroxylation is 1. The minimum absolute atomic E-state index is 0.0478. The van der Waals surface area contributed by atoms with Crippen molar-refractivity contribution in [3.63, 3.8) is 0 Å². The normalized spacial score (nSPS) is 21.9. The third-order valence-electron chi connectivity index (χ3n) is 4.71. The lowest BCUT2D eigenvalue weighted by Gasteiger charge is -2.26. The Bertz CT molecular complexity index is 767. The van der Waals surface area contributed by atoms with Gasteiger partial charge in [-0.1, -0.05) is 18.2 Å². The molecule has 1 fully saturated rings. The van der Waals surface area contributed by atoms with Gasteiger partial charge in [-0.25, -0.2) is 8.42 Å². The van der Waals surface area contributed by atoms with Crippen molar-refractivity contribution in [2.24, 2.45) is 5.92 Å². The number of sulfonamides is 1. The van der Waals surface area contributed by atoms with Crippen LogP contribution in [-0.4, -0.2) is 44.9 Å². The highest BCUT2D eigenvalue weighted by Crippen LogP contribution is 2.26. The number of hydrogen-bond acceptors (Lipinski definition) is 4. The van der Waals surface area contributed by atoms with Crippen LogP contribution in [0, 0.1) is 12.8 Å². The molecule has 1 aliphatic heterocycles. The highest BCUT2D eigenvalue weighted by atomic mass is 32.2. The first-order valence-corrected chi connectivity index (χ1v) is 10.1. The molecule has 7 heteroatoms. The Kier molecular flexibility index (Phi) is 5.56. The SMILES string of the molecule is Cc1ccc(S(=O)(=O)N2CCOCC2)cc1NC(=O)C1CC=CCC1. The summed E-state index contributed by atoms with van der Waals surface area (Å²) < 4.78 is 32.2. The summed E-state index contributed by atoms with van der Waals surface area (Å²) in [7, 11) is -3.57. The van der Waals surface area contributed by atoms with E-state index < -0.39 is 10.0 Å². The van der Waals surface area contributed by atoms with Gasteiger partial charge in [0.1, 0.15) is 0 Å². The van der Waals surface area contributed by atoms with E-state index in [-0.39, 0.29) is 16.7 Å². The molecule has 1 aromatic rings. The van der Waals surface area contributed by atoms with Crippen LogP contribution in [0.15, 0.2) is 35.2 Å². The van der Waals surface area contributed by atoms with Gasteiger partial charge >= 0.3 is 0 Å². The summed E-state index contributed by atoms with van der Waals surface area (Å²) in [5.74, 6) is -0.0997. The maximum atomic E-state index is 12.8. The highest BCUT2D eigenvalue weighted by molar-refractivity contribution is 7.89. The number of ether oxygens (including phenoxy) is 1. The number of benzene rings is 1. The van der Waals surface area contributed by atoms with Crippen LogP contribution < -0.4 is 5.32 Å². The second-order valence-corrected chi connectivity index (χ2v) is 8.40. The van der Waals surface area contributed by atoms with E-state index in [1.54, 1.807) is 18.2 Å². The summed E-state index contributed by atoms with van der Waals surface area (Å²) in [6.07, 6.45) is 6.58. The lowest BCUT2D eigenvalue weighted by Crippen LogP contribution is -2.40. The first-order valence-electron chi connectivity index (χ1n) is 8.63. The maximum Gasteiger partial charge on any atom is 0.243 e. The number of anilines is 1. The molecule has 1 heterocycles. The lowest BCUT2D eigenvalue weighted by atomic mass is 9.93. The molecular formula is C18H24N2O4S. The quantitative estimate of drug-likeness (QED) is 0.832. The van der Waals surface area contributed by atoms with Crippen LogP contribution in [0.5, 0.6) is 0 Å². The summed E-state index contributed by atoms with van der Waals surface area (Å²) in [5, 5.41) is 2.91. The Morgan fingerprint density at radius 3 is 2.68 bits per heavy atom. The molecule has 1 aromatic carbocycles. The molecule has 1 N–H and O–H groups in total. The molecule has 3 rings (SSSR count). The van der Waals surface area contributed by atoms with Crippen LogP contribution in [-0.2, 0) is 19.6 Å². The van der Waals surface area contributed by atoms with Crippen molar-refractivity contribution >= 4 is 21.6 Å². The third kappa shape index (κ3) is 4.11. The van der Waals surface area contributed by atoms with Crippen LogP contribution in [0.4, 0.5) is 5.69 Å². The van der Waals surface area contributed by atoms with Gasteiger partial charge in [0.05, 0.1) is 18.1 Å². The second-order valence-electron chi connectivity index (χ2n) is 6.46. The van der Waals surface area contributed by atoms with Gasteiger partial charge in [-0.05, 0) is 43.9 Å². The molecule has 136 valence electrons. The first kappa shape index (κ1) is 18.1. The highest BCUT2D eigenvalue weighted by Gasteiger charge is 2.27. The Morgan fingerprint density at radius 1 is 1.24 bits per heavy atom. The fourth-order valence-electron chi connectivity index (χ4n) is 3.10. The number of allylic oxidation sites excluding steroid dienone is 2. The zero-order chi connectivity index (χ0) is 17.9. The minimum Gasteiger partial charge on any atom is -0.379 e. The van der Waals surface area contributed by atoms with Crippen molar-refractivity contribution in [3.05, 3.63) is 35.9 Å². The zero-order valence-electron chi connectivity index (χ0n) is 14.4. The standard InChI is InChI=1S/C18H24N2O4S/c1-14-7-8-16(25(22,23)20-9-11-24-12-10-20)13-17(14)19-18(21)15-5-3-2-4-6-15/h2-3,7-8,13,15H,4-6,9-12H2,1H3,(H,19,21). The van der Waals surface area contributed by atoms with Crippen LogP contribution >= 0.6 is 0 Å². The molecule has 1 aliphatic carbocycles. The summed E-state index contributed by atoms with van der Waals surface area (Å²) in [4.78, 5) is 12.7. The molecule has 6 nitrogen and oxygen atoms in total. The smallest absolute Gasteiger partial charge is 0.243 e. The number of carbonyl (C=O) groups is 1. The molecule has 1 amide bonds. The van der Waals surface area contributed by atoms with Gasteiger partial charge in [-0.3, -0.25) is 4.79 Å². The van der Waals surface area contributed by atoms with Gasteiger partial charge < -0.3 is 10.1 Å². The van der Waals surface area contributed by atoms with E-state index in [0.717, 1.165) is 24.8 Å². The van der Waals surface area contributed by atoms with E-state index in [0.29, 0.717) is 32.0 Å². The number of hydrogen-bond donors (Lipinski definition) is 1. The lowest BCUT2D eigenvalue weighted by molar-refractivity contribution is -0.120. The predicted molar refractivity (Wildman–Crippen MR) is 95.9 cm³/mol. The Hall–Kier alpha value is -1.70. The first-order chi connectivity index (χ1) is 12.0. The minimum atomic E-state index is -3.57. The summed E-state index contributed by atoms with van der Waals surface area (Å²) in [6, 6.07) is 4.90. The maximum absolute atomic E-state index is 12.8. The number of morpholine rings is 1. The topological polar surface area (TPSA) is 75.7 Å². The van der Waals surface area contributed by atoms with Crippen LogP contribution in [0.2, 0.25) is 0 Å². The average molecular weight is 364 g/mol. The van der Waals surface area contributed by atoms with E-state index in [2.05, 4.69) is 11.4 Å². The molecule has 1 unspecified atom stereocenters. The third-order valence-corrected chi connectivity index (χ3v) is 6.61. The van der Waals surface area contributed by atoms with Crippen LogP contribution in [0.3, 0.4) is 0 Å². The van der Waals surface area contributed by atoms with Gasteiger partial charge in [0.2, 0.25) is 15.9 Å². The average Bonchev–Trinajstić information content (AvgIpc) is 2.64. The van der Waals surface area contributed by atoms with Gasteiger partial charge in [0.15, 0.2) is 0 Å². The fraction of sp³-hybridized carbons (Fsp3) is 0.500. The van der Waals surface area contributed by atoms with Crippen molar-refractivity contribution in [1.82, 2.24) is 4.31 Å². The monoisotopic (exact) mass is 364 g/mol. The van der Waals surface area contributed by atoms with E-state index in [1.807, 2.05) is 13.0 Å². The number of nitrogens with zero attached hydrogens (tertiary/aromatic N) is 1. The fourth-order valence-corrected chi connectivity index (χ4v) is 4.53. The van der Waals surface area contributed by atoms with E-state index in [4.69, 9.17) is 4.74 Å². The molecule has 1 saturated heterocycles. The molecule has 0 saturated carbocycles. The van der Waals surface area contributed by atoms with E-state index in [1.165, 1.54) is 4.31 Å². The predicted octanol–water partition coefficient (Wildman–Crippen LogP) is 2.31. The molecule has 0 spiro atoms. The summed E-state index contributed by atoms with van der Waals surface area (Å²) >= 11 is 0. The van der Waals surface area contributed by atoms with Crippen molar-refractivity contribution in [1.29, 1.82) is 0 Å². The van der Waals surface area contributed by atoms with E-state index in [9.17, 15) is 13.2 Å². The molecule has 1 atom stereocenters. The van der Waals surface area contributed by atoms with Crippen molar-refractivity contribution < 1.29 is 17.9 Å². The molecule has 0 aromatic heterocycles.